The molecule has 0 radical (unpaired) electrons. The minimum atomic E-state index is 0.689. The molecule has 2 aromatic rings. The van der Waals surface area contributed by atoms with Gasteiger partial charge in [-0.25, -0.2) is 0 Å². The Balaban J connectivity index is 2.01. The van der Waals surface area contributed by atoms with Crippen molar-refractivity contribution < 1.29 is 9.47 Å². The number of rotatable bonds is 7. The fourth-order valence-corrected chi connectivity index (χ4v) is 2.57. The lowest BCUT2D eigenvalue weighted by Gasteiger charge is -2.20. The lowest BCUT2D eigenvalue weighted by atomic mass is 10.1. The van der Waals surface area contributed by atoms with Crippen LogP contribution in [0, 0.1) is 0 Å². The molecule has 0 aliphatic carbocycles. The van der Waals surface area contributed by atoms with Crippen molar-refractivity contribution in [2.45, 2.75) is 12.8 Å². The Kier molecular flexibility index (Phi) is 5.53. The molecule has 0 saturated heterocycles. The van der Waals surface area contributed by atoms with Crippen LogP contribution in [0.4, 0.5) is 11.4 Å². The molecule has 2 rings (SSSR count). The highest BCUT2D eigenvalue weighted by Gasteiger charge is 2.11. The molecule has 0 aliphatic rings. The average Bonchev–Trinajstić information content (AvgIpc) is 2.55. The summed E-state index contributed by atoms with van der Waals surface area (Å²) < 4.78 is 10.8. The third-order valence-corrected chi connectivity index (χ3v) is 3.71. The molecular weight excluding hydrogens is 276 g/mol. The number of para-hydroxylation sites is 1. The first-order chi connectivity index (χ1) is 10.7. The molecule has 0 spiro atoms. The molecule has 0 heterocycles. The van der Waals surface area contributed by atoms with E-state index in [0.29, 0.717) is 11.4 Å². The van der Waals surface area contributed by atoms with Crippen molar-refractivity contribution in [1.29, 1.82) is 0 Å². The number of ether oxygens (including phenoxy) is 2. The Morgan fingerprint density at radius 3 is 2.41 bits per heavy atom. The van der Waals surface area contributed by atoms with Gasteiger partial charge in [-0.05, 0) is 31.0 Å². The third kappa shape index (κ3) is 3.85. The van der Waals surface area contributed by atoms with Crippen LogP contribution in [0.15, 0.2) is 42.5 Å². The van der Waals surface area contributed by atoms with Gasteiger partial charge in [-0.1, -0.05) is 18.2 Å². The van der Waals surface area contributed by atoms with Gasteiger partial charge in [-0.15, -0.1) is 0 Å². The van der Waals surface area contributed by atoms with E-state index in [2.05, 4.69) is 36.2 Å². The van der Waals surface area contributed by atoms with Crippen molar-refractivity contribution in [2.24, 2.45) is 0 Å². The van der Waals surface area contributed by atoms with Gasteiger partial charge in [0.15, 0.2) is 11.5 Å². The fourth-order valence-electron chi connectivity index (χ4n) is 2.57. The maximum atomic E-state index is 5.94. The van der Waals surface area contributed by atoms with E-state index >= 15 is 0 Å². The molecule has 0 aromatic heterocycles. The van der Waals surface area contributed by atoms with Crippen LogP contribution in [0.5, 0.6) is 11.5 Å². The highest BCUT2D eigenvalue weighted by molar-refractivity contribution is 5.57. The molecular formula is C18H24N2O2. The SMILES string of the molecule is COc1cc(N)cc(CCCN(C)c2ccccc2)c1OC. The molecule has 22 heavy (non-hydrogen) atoms. The largest absolute Gasteiger partial charge is 0.493 e. The summed E-state index contributed by atoms with van der Waals surface area (Å²) in [5.41, 5.74) is 8.94. The zero-order chi connectivity index (χ0) is 15.9. The predicted octanol–water partition coefficient (Wildman–Crippen LogP) is 3.36. The molecule has 0 amide bonds. The fraction of sp³-hybridized carbons (Fsp3) is 0.333. The molecule has 0 saturated carbocycles. The van der Waals surface area contributed by atoms with Crippen molar-refractivity contribution in [1.82, 2.24) is 0 Å². The first kappa shape index (κ1) is 16.0. The maximum Gasteiger partial charge on any atom is 0.164 e. The van der Waals surface area contributed by atoms with E-state index in [0.717, 1.165) is 30.7 Å². The van der Waals surface area contributed by atoms with Crippen LogP contribution in [0.25, 0.3) is 0 Å². The number of nitrogen functional groups attached to an aromatic ring is 1. The van der Waals surface area contributed by atoms with Gasteiger partial charge in [0, 0.05) is 36.6 Å². The van der Waals surface area contributed by atoms with Crippen molar-refractivity contribution in [3.63, 3.8) is 0 Å². The highest BCUT2D eigenvalue weighted by Crippen LogP contribution is 2.34. The van der Waals surface area contributed by atoms with E-state index in [1.54, 1.807) is 20.3 Å². The molecule has 4 heteroatoms. The second-order valence-electron chi connectivity index (χ2n) is 5.28. The van der Waals surface area contributed by atoms with Crippen LogP contribution < -0.4 is 20.1 Å². The number of nitrogens with zero attached hydrogens (tertiary/aromatic N) is 1. The normalized spacial score (nSPS) is 10.3. The molecule has 0 unspecified atom stereocenters. The number of anilines is 2. The number of methoxy groups -OCH3 is 2. The van der Waals surface area contributed by atoms with Crippen molar-refractivity contribution in [3.8, 4) is 11.5 Å². The van der Waals surface area contributed by atoms with Gasteiger partial charge in [0.05, 0.1) is 14.2 Å². The number of nitrogens with two attached hydrogens (primary N) is 1. The Labute approximate surface area is 132 Å². The summed E-state index contributed by atoms with van der Waals surface area (Å²) in [4.78, 5) is 2.25. The van der Waals surface area contributed by atoms with E-state index < -0.39 is 0 Å². The second kappa shape index (κ2) is 7.59. The number of hydrogen-bond acceptors (Lipinski definition) is 4. The number of benzene rings is 2. The van der Waals surface area contributed by atoms with E-state index in [1.807, 2.05) is 12.1 Å². The Morgan fingerprint density at radius 1 is 1.05 bits per heavy atom. The predicted molar refractivity (Wildman–Crippen MR) is 92.0 cm³/mol. The molecule has 118 valence electrons. The Morgan fingerprint density at radius 2 is 1.77 bits per heavy atom. The van der Waals surface area contributed by atoms with Gasteiger partial charge < -0.3 is 20.1 Å². The molecule has 2 aromatic carbocycles. The lowest BCUT2D eigenvalue weighted by Crippen LogP contribution is -2.18. The Bertz CT molecular complexity index is 600. The van der Waals surface area contributed by atoms with Crippen LogP contribution in [0.2, 0.25) is 0 Å². The van der Waals surface area contributed by atoms with E-state index in [1.165, 1.54) is 5.69 Å². The van der Waals surface area contributed by atoms with Gasteiger partial charge in [0.2, 0.25) is 0 Å². The third-order valence-electron chi connectivity index (χ3n) is 3.71. The molecule has 0 fully saturated rings. The van der Waals surface area contributed by atoms with Gasteiger partial charge in [-0.3, -0.25) is 0 Å². The van der Waals surface area contributed by atoms with Crippen LogP contribution in [-0.2, 0) is 6.42 Å². The molecule has 2 N–H and O–H groups in total. The van der Waals surface area contributed by atoms with Crippen LogP contribution in [-0.4, -0.2) is 27.8 Å². The van der Waals surface area contributed by atoms with E-state index in [4.69, 9.17) is 15.2 Å². The van der Waals surface area contributed by atoms with Crippen molar-refractivity contribution >= 4 is 11.4 Å². The summed E-state index contributed by atoms with van der Waals surface area (Å²) in [7, 11) is 5.39. The summed E-state index contributed by atoms with van der Waals surface area (Å²) >= 11 is 0. The van der Waals surface area contributed by atoms with Crippen LogP contribution in [0.3, 0.4) is 0 Å². The lowest BCUT2D eigenvalue weighted by molar-refractivity contribution is 0.351. The Hall–Kier alpha value is -2.36. The summed E-state index contributed by atoms with van der Waals surface area (Å²) in [5, 5.41) is 0. The molecule has 0 atom stereocenters. The minimum Gasteiger partial charge on any atom is -0.493 e. The first-order valence-electron chi connectivity index (χ1n) is 7.42. The minimum absolute atomic E-state index is 0.689. The molecule has 4 nitrogen and oxygen atoms in total. The topological polar surface area (TPSA) is 47.7 Å². The number of hydrogen-bond donors (Lipinski definition) is 1. The average molecular weight is 300 g/mol. The molecule has 0 bridgehead atoms. The summed E-state index contributed by atoms with van der Waals surface area (Å²) in [6, 6.07) is 14.1. The van der Waals surface area contributed by atoms with Crippen LogP contribution >= 0.6 is 0 Å². The zero-order valence-corrected chi connectivity index (χ0v) is 13.5. The second-order valence-corrected chi connectivity index (χ2v) is 5.28. The first-order valence-corrected chi connectivity index (χ1v) is 7.42. The van der Waals surface area contributed by atoms with Gasteiger partial charge in [-0.2, -0.15) is 0 Å². The van der Waals surface area contributed by atoms with Crippen molar-refractivity contribution in [2.75, 3.05) is 38.4 Å². The molecule has 0 aliphatic heterocycles. The number of aryl methyl sites for hydroxylation is 1. The monoisotopic (exact) mass is 300 g/mol. The van der Waals surface area contributed by atoms with Crippen LogP contribution in [0.1, 0.15) is 12.0 Å². The van der Waals surface area contributed by atoms with E-state index in [-0.39, 0.29) is 0 Å². The van der Waals surface area contributed by atoms with E-state index in [9.17, 15) is 0 Å². The maximum absolute atomic E-state index is 5.94. The summed E-state index contributed by atoms with van der Waals surface area (Å²) in [5.74, 6) is 1.47. The quantitative estimate of drug-likeness (QED) is 0.797. The standard InChI is InChI=1S/C18H24N2O2/c1-20(16-9-5-4-6-10-16)11-7-8-14-12-15(19)13-17(21-2)18(14)22-3/h4-6,9-10,12-13H,7-8,11,19H2,1-3H3. The summed E-state index contributed by atoms with van der Waals surface area (Å²) in [6.45, 7) is 0.963. The van der Waals surface area contributed by atoms with Crippen molar-refractivity contribution in [3.05, 3.63) is 48.0 Å². The van der Waals surface area contributed by atoms with Gasteiger partial charge in [0.25, 0.3) is 0 Å². The zero-order valence-electron chi connectivity index (χ0n) is 13.5. The van der Waals surface area contributed by atoms with Gasteiger partial charge >= 0.3 is 0 Å². The smallest absolute Gasteiger partial charge is 0.164 e. The summed E-state index contributed by atoms with van der Waals surface area (Å²) in [6.07, 6.45) is 1.90. The highest BCUT2D eigenvalue weighted by atomic mass is 16.5. The van der Waals surface area contributed by atoms with Gasteiger partial charge in [0.1, 0.15) is 0 Å².